The van der Waals surface area contributed by atoms with Crippen molar-refractivity contribution in [3.05, 3.63) is 65.9 Å². The van der Waals surface area contributed by atoms with Crippen LogP contribution in [0.2, 0.25) is 0 Å². The van der Waals surface area contributed by atoms with Crippen LogP contribution in [0.15, 0.2) is 54.6 Å². The third-order valence-corrected chi connectivity index (χ3v) is 9.56. The molecule has 3 aliphatic rings. The molecule has 0 N–H and O–H groups in total. The van der Waals surface area contributed by atoms with E-state index in [9.17, 15) is 10.1 Å². The van der Waals surface area contributed by atoms with Gasteiger partial charge in [-0.05, 0) is 57.9 Å². The number of aromatic nitrogens is 2. The molecule has 4 heterocycles. The molecule has 2 fully saturated rings. The van der Waals surface area contributed by atoms with E-state index in [-0.39, 0.29) is 18.4 Å². The Kier molecular flexibility index (Phi) is 10.0. The predicted octanol–water partition coefficient (Wildman–Crippen LogP) is 4.10. The molecular formula is C36H46N8O2. The summed E-state index contributed by atoms with van der Waals surface area (Å²) in [7, 11) is 3.95. The third-order valence-electron chi connectivity index (χ3n) is 9.56. The Morgan fingerprint density at radius 3 is 2.74 bits per heavy atom. The first-order valence-corrected chi connectivity index (χ1v) is 16.7. The van der Waals surface area contributed by atoms with E-state index >= 15 is 0 Å². The molecule has 1 aromatic heterocycles. The lowest BCUT2D eigenvalue weighted by Gasteiger charge is -2.42. The molecule has 2 saturated heterocycles. The SMILES string of the molecule is CCN1CCC[C@H]1COc1nc2c(c(N3CCN(C(=O)/C=C/CN(C)C)[C@@H](CC#N)C3)n1)CCN(c1cccc3ccccc13)C2. The van der Waals surface area contributed by atoms with Gasteiger partial charge in [0.1, 0.15) is 12.4 Å². The number of likely N-dealkylation sites (N-methyl/N-ethyl adjacent to an activating group) is 2. The highest BCUT2D eigenvalue weighted by Crippen LogP contribution is 2.35. The molecule has 0 bridgehead atoms. The fraction of sp³-hybridized carbons (Fsp3) is 0.500. The summed E-state index contributed by atoms with van der Waals surface area (Å²) in [5, 5.41) is 12.2. The molecular weight excluding hydrogens is 576 g/mol. The van der Waals surface area contributed by atoms with Crippen LogP contribution in [0.5, 0.6) is 6.01 Å². The number of likely N-dealkylation sites (tertiary alicyclic amines) is 1. The van der Waals surface area contributed by atoms with Gasteiger partial charge >= 0.3 is 6.01 Å². The molecule has 0 aliphatic carbocycles. The van der Waals surface area contributed by atoms with Gasteiger partial charge in [-0.3, -0.25) is 9.69 Å². The van der Waals surface area contributed by atoms with Crippen LogP contribution >= 0.6 is 0 Å². The second-order valence-corrected chi connectivity index (χ2v) is 12.8. The maximum absolute atomic E-state index is 13.2. The standard InChI is InChI=1S/C36H46N8O2/c1-4-41-20-8-12-29(41)26-46-36-38-32-25-42(33-14-7-11-27-10-5-6-13-30(27)33)21-17-31(32)35(39-36)43-22-23-44(28(24-43)16-18-37)34(45)15-9-19-40(2)3/h5-7,9-11,13-15,28-29H,4,8,12,16-17,19-26H2,1-3H3/b15-9+/t28-,29-/m0/s1. The van der Waals surface area contributed by atoms with Crippen molar-refractivity contribution in [2.75, 3.05) is 76.3 Å². The number of fused-ring (bicyclic) bond motifs is 2. The number of ether oxygens (including phenoxy) is 1. The highest BCUT2D eigenvalue weighted by molar-refractivity contribution is 5.94. The molecule has 10 nitrogen and oxygen atoms in total. The van der Waals surface area contributed by atoms with E-state index in [4.69, 9.17) is 14.7 Å². The van der Waals surface area contributed by atoms with Crippen LogP contribution < -0.4 is 14.5 Å². The Bertz CT molecular complexity index is 1600. The monoisotopic (exact) mass is 622 g/mol. The van der Waals surface area contributed by atoms with Crippen molar-refractivity contribution >= 4 is 28.2 Å². The van der Waals surface area contributed by atoms with Crippen molar-refractivity contribution in [3.63, 3.8) is 0 Å². The fourth-order valence-electron chi connectivity index (χ4n) is 7.15. The second-order valence-electron chi connectivity index (χ2n) is 12.8. The number of nitriles is 1. The summed E-state index contributed by atoms with van der Waals surface area (Å²) < 4.78 is 6.39. The Hall–Kier alpha value is -4.20. The van der Waals surface area contributed by atoms with Crippen molar-refractivity contribution < 1.29 is 9.53 Å². The predicted molar refractivity (Wildman–Crippen MR) is 182 cm³/mol. The topological polar surface area (TPSA) is 92.1 Å². The number of rotatable bonds is 10. The molecule has 3 aromatic rings. The molecule has 0 radical (unpaired) electrons. The summed E-state index contributed by atoms with van der Waals surface area (Å²) in [5.74, 6) is 0.841. The van der Waals surface area contributed by atoms with Gasteiger partial charge in [-0.2, -0.15) is 15.2 Å². The average Bonchev–Trinajstić information content (AvgIpc) is 3.54. The lowest BCUT2D eigenvalue weighted by molar-refractivity contribution is -0.128. The molecule has 10 heteroatoms. The lowest BCUT2D eigenvalue weighted by Crippen LogP contribution is -2.55. The van der Waals surface area contributed by atoms with Crippen LogP contribution in [0, 0.1) is 11.3 Å². The summed E-state index contributed by atoms with van der Waals surface area (Å²) in [5.41, 5.74) is 3.33. The summed E-state index contributed by atoms with van der Waals surface area (Å²) in [6.07, 6.45) is 6.90. The van der Waals surface area contributed by atoms with Crippen LogP contribution in [0.1, 0.15) is 37.4 Å². The normalized spacial score (nSPS) is 20.5. The Balaban J connectivity index is 1.29. The van der Waals surface area contributed by atoms with E-state index in [1.165, 1.54) is 22.9 Å². The smallest absolute Gasteiger partial charge is 0.318 e. The van der Waals surface area contributed by atoms with E-state index in [1.807, 2.05) is 30.0 Å². The van der Waals surface area contributed by atoms with Crippen molar-refractivity contribution in [1.82, 2.24) is 24.7 Å². The van der Waals surface area contributed by atoms with Gasteiger partial charge in [-0.25, -0.2) is 0 Å². The average molecular weight is 623 g/mol. The molecule has 0 saturated carbocycles. The number of hydrogen-bond donors (Lipinski definition) is 0. The Labute approximate surface area is 272 Å². The number of carbonyl (C=O) groups excluding carboxylic acids is 1. The van der Waals surface area contributed by atoms with Gasteiger partial charge in [0.15, 0.2) is 0 Å². The highest BCUT2D eigenvalue weighted by Gasteiger charge is 2.34. The maximum atomic E-state index is 13.2. The van der Waals surface area contributed by atoms with Gasteiger partial charge in [0.25, 0.3) is 0 Å². The number of anilines is 2. The van der Waals surface area contributed by atoms with Crippen LogP contribution in [0.25, 0.3) is 10.8 Å². The van der Waals surface area contributed by atoms with Gasteiger partial charge in [0.05, 0.1) is 30.8 Å². The second kappa shape index (κ2) is 14.5. The fourth-order valence-corrected chi connectivity index (χ4v) is 7.15. The largest absolute Gasteiger partial charge is 0.462 e. The molecule has 1 amide bonds. The minimum absolute atomic E-state index is 0.0433. The third kappa shape index (κ3) is 6.96. The Morgan fingerprint density at radius 1 is 1.07 bits per heavy atom. The van der Waals surface area contributed by atoms with E-state index in [2.05, 4.69) is 70.2 Å². The number of nitrogens with zero attached hydrogens (tertiary/aromatic N) is 8. The summed E-state index contributed by atoms with van der Waals surface area (Å²) >= 11 is 0. The zero-order valence-electron chi connectivity index (χ0n) is 27.4. The minimum atomic E-state index is -0.224. The molecule has 2 aromatic carbocycles. The van der Waals surface area contributed by atoms with Crippen LogP contribution in [0.3, 0.4) is 0 Å². The first-order chi connectivity index (χ1) is 22.4. The molecule has 0 unspecified atom stereocenters. The lowest BCUT2D eigenvalue weighted by atomic mass is 10.0. The van der Waals surface area contributed by atoms with Crippen LogP contribution in [0.4, 0.5) is 11.5 Å². The van der Waals surface area contributed by atoms with E-state index in [1.54, 1.807) is 6.08 Å². The van der Waals surface area contributed by atoms with Crippen molar-refractivity contribution in [2.45, 2.75) is 51.2 Å². The van der Waals surface area contributed by atoms with E-state index in [0.717, 1.165) is 49.6 Å². The van der Waals surface area contributed by atoms with Gasteiger partial charge in [0, 0.05) is 61.5 Å². The van der Waals surface area contributed by atoms with Gasteiger partial charge in [-0.1, -0.05) is 49.4 Å². The first kappa shape index (κ1) is 31.8. The van der Waals surface area contributed by atoms with E-state index in [0.29, 0.717) is 51.4 Å². The molecule has 3 aliphatic heterocycles. The van der Waals surface area contributed by atoms with Gasteiger partial charge in [-0.15, -0.1) is 0 Å². The molecule has 46 heavy (non-hydrogen) atoms. The summed E-state index contributed by atoms with van der Waals surface area (Å²) in [6, 6.07) is 17.9. The quantitative estimate of drug-likeness (QED) is 0.310. The zero-order chi connectivity index (χ0) is 32.0. The van der Waals surface area contributed by atoms with Crippen LogP contribution in [-0.2, 0) is 17.8 Å². The number of piperazine rings is 1. The first-order valence-electron chi connectivity index (χ1n) is 16.7. The van der Waals surface area contributed by atoms with Crippen LogP contribution in [-0.4, -0.2) is 109 Å². The van der Waals surface area contributed by atoms with Gasteiger partial charge < -0.3 is 24.3 Å². The minimum Gasteiger partial charge on any atom is -0.462 e. The van der Waals surface area contributed by atoms with Gasteiger partial charge in [0.2, 0.25) is 5.91 Å². The highest BCUT2D eigenvalue weighted by atomic mass is 16.5. The maximum Gasteiger partial charge on any atom is 0.318 e. The molecule has 242 valence electrons. The summed E-state index contributed by atoms with van der Waals surface area (Å²) in [4.78, 5) is 34.2. The number of amides is 1. The van der Waals surface area contributed by atoms with Crippen molar-refractivity contribution in [2.24, 2.45) is 0 Å². The number of carbonyl (C=O) groups is 1. The van der Waals surface area contributed by atoms with Crippen molar-refractivity contribution in [1.29, 1.82) is 5.26 Å². The molecule has 6 rings (SSSR count). The Morgan fingerprint density at radius 2 is 1.91 bits per heavy atom. The zero-order valence-corrected chi connectivity index (χ0v) is 27.4. The molecule has 2 atom stereocenters. The summed E-state index contributed by atoms with van der Waals surface area (Å²) in [6.45, 7) is 8.80. The number of hydrogen-bond acceptors (Lipinski definition) is 9. The van der Waals surface area contributed by atoms with E-state index < -0.39 is 0 Å². The van der Waals surface area contributed by atoms with Crippen molar-refractivity contribution in [3.8, 4) is 12.1 Å². The molecule has 0 spiro atoms. The number of benzene rings is 2.